The van der Waals surface area contributed by atoms with Crippen LogP contribution in [0.15, 0.2) is 29.3 Å². The van der Waals surface area contributed by atoms with Gasteiger partial charge in [-0.1, -0.05) is 12.1 Å². The zero-order valence-electron chi connectivity index (χ0n) is 18.2. The number of benzene rings is 1. The molecule has 1 unspecified atom stereocenters. The fourth-order valence-corrected chi connectivity index (χ4v) is 2.69. The smallest absolute Gasteiger partial charge is 0.382 e. The summed E-state index contributed by atoms with van der Waals surface area (Å²) < 4.78 is 46.3. The van der Waals surface area contributed by atoms with Gasteiger partial charge >= 0.3 is 6.18 Å². The molecule has 1 aromatic heterocycles. The Morgan fingerprint density at radius 3 is 2.65 bits per heavy atom. The third-order valence-corrected chi connectivity index (χ3v) is 4.59. The molecule has 7 nitrogen and oxygen atoms in total. The van der Waals surface area contributed by atoms with Crippen LogP contribution in [-0.2, 0) is 24.5 Å². The van der Waals surface area contributed by atoms with Crippen molar-refractivity contribution in [1.82, 2.24) is 25.4 Å². The van der Waals surface area contributed by atoms with Gasteiger partial charge < -0.3 is 19.9 Å². The molecule has 0 amide bonds. The first kappa shape index (κ1) is 27.1. The molecule has 2 aromatic rings. The van der Waals surface area contributed by atoms with Gasteiger partial charge in [0.25, 0.3) is 0 Å². The topological polar surface area (TPSA) is 76.4 Å². The molecule has 1 heterocycles. The second-order valence-electron chi connectivity index (χ2n) is 6.85. The lowest BCUT2D eigenvalue weighted by atomic mass is 10.1. The average Bonchev–Trinajstić information content (AvgIpc) is 3.03. The van der Waals surface area contributed by atoms with Crippen molar-refractivity contribution >= 4 is 29.9 Å². The average molecular weight is 554 g/mol. The normalized spacial score (nSPS) is 12.9. The maximum absolute atomic E-state index is 13.0. The number of hydrogen-bond acceptors (Lipinski definition) is 4. The molecule has 0 saturated heterocycles. The molecule has 2 N–H and O–H groups in total. The summed E-state index contributed by atoms with van der Waals surface area (Å²) in [5, 5.41) is 14.5. The number of rotatable bonds is 9. The molecule has 0 bridgehead atoms. The molecule has 1 aromatic carbocycles. The highest BCUT2D eigenvalue weighted by atomic mass is 127. The Morgan fingerprint density at radius 1 is 1.29 bits per heavy atom. The predicted molar refractivity (Wildman–Crippen MR) is 124 cm³/mol. The highest BCUT2D eigenvalue weighted by Crippen LogP contribution is 2.30. The van der Waals surface area contributed by atoms with Crippen molar-refractivity contribution in [2.45, 2.75) is 46.0 Å². The van der Waals surface area contributed by atoms with Gasteiger partial charge in [0, 0.05) is 26.8 Å². The molecule has 0 saturated carbocycles. The minimum absolute atomic E-state index is 0. The first-order valence-electron chi connectivity index (χ1n) is 9.87. The molecule has 2 rings (SSSR count). The van der Waals surface area contributed by atoms with Gasteiger partial charge in [-0.05, 0) is 44.9 Å². The number of aromatic nitrogens is 3. The van der Waals surface area contributed by atoms with Crippen LogP contribution in [0.4, 0.5) is 13.2 Å². The van der Waals surface area contributed by atoms with E-state index >= 15 is 0 Å². The fourth-order valence-electron chi connectivity index (χ4n) is 2.69. The van der Waals surface area contributed by atoms with Crippen molar-refractivity contribution in [3.63, 3.8) is 0 Å². The van der Waals surface area contributed by atoms with Gasteiger partial charge in [-0.2, -0.15) is 13.2 Å². The summed E-state index contributed by atoms with van der Waals surface area (Å²) in [5.41, 5.74) is -0.158. The Morgan fingerprint density at radius 2 is 2.03 bits per heavy atom. The van der Waals surface area contributed by atoms with Gasteiger partial charge in [-0.15, -0.1) is 34.2 Å². The zero-order chi connectivity index (χ0) is 22.1. The maximum Gasteiger partial charge on any atom is 0.416 e. The van der Waals surface area contributed by atoms with Gasteiger partial charge in [0.15, 0.2) is 11.8 Å². The van der Waals surface area contributed by atoms with E-state index in [1.165, 1.54) is 6.07 Å². The summed E-state index contributed by atoms with van der Waals surface area (Å²) in [6.45, 7) is 7.73. The SMILES string of the molecule is CCOCCCNC(=NCc1nnc(C)n1C)NC(C)c1cccc(C(F)(F)F)c1.I. The van der Waals surface area contributed by atoms with Crippen molar-refractivity contribution in [3.05, 3.63) is 47.0 Å². The van der Waals surface area contributed by atoms with Gasteiger partial charge in [0.05, 0.1) is 11.6 Å². The Hall–Kier alpha value is -1.89. The molecule has 0 fully saturated rings. The molecule has 0 spiro atoms. The molecule has 0 radical (unpaired) electrons. The van der Waals surface area contributed by atoms with Crippen molar-refractivity contribution in [1.29, 1.82) is 0 Å². The van der Waals surface area contributed by atoms with E-state index in [-0.39, 0.29) is 36.6 Å². The standard InChI is InChI=1S/C20H29F3N6O.HI/c1-5-30-11-7-10-24-19(25-13-18-28-27-15(3)29(18)4)26-14(2)16-8-6-9-17(12-16)20(21,22)23;/h6,8-9,12,14H,5,7,10-11,13H2,1-4H3,(H2,24,25,26);1H. The predicted octanol–water partition coefficient (Wildman–Crippen LogP) is 3.98. The number of nitrogens with one attached hydrogen (secondary N) is 2. The first-order valence-corrected chi connectivity index (χ1v) is 9.87. The summed E-state index contributed by atoms with van der Waals surface area (Å²) >= 11 is 0. The molecule has 174 valence electrons. The molecular weight excluding hydrogens is 524 g/mol. The monoisotopic (exact) mass is 554 g/mol. The summed E-state index contributed by atoms with van der Waals surface area (Å²) in [6.07, 6.45) is -3.61. The van der Waals surface area contributed by atoms with E-state index < -0.39 is 11.7 Å². The van der Waals surface area contributed by atoms with Gasteiger partial charge in [0.1, 0.15) is 12.4 Å². The van der Waals surface area contributed by atoms with Crippen LogP contribution >= 0.6 is 24.0 Å². The van der Waals surface area contributed by atoms with E-state index in [1.54, 1.807) is 13.0 Å². The van der Waals surface area contributed by atoms with Crippen LogP contribution in [0.3, 0.4) is 0 Å². The number of ether oxygens (including phenoxy) is 1. The number of nitrogens with zero attached hydrogens (tertiary/aromatic N) is 4. The quantitative estimate of drug-likeness (QED) is 0.212. The number of aryl methyl sites for hydroxylation is 1. The van der Waals surface area contributed by atoms with Crippen LogP contribution < -0.4 is 10.6 Å². The van der Waals surface area contributed by atoms with Crippen LogP contribution in [0.25, 0.3) is 0 Å². The Kier molecular flexibility index (Phi) is 11.2. The van der Waals surface area contributed by atoms with Crippen molar-refractivity contribution in [2.75, 3.05) is 19.8 Å². The van der Waals surface area contributed by atoms with E-state index in [2.05, 4.69) is 25.8 Å². The third kappa shape index (κ3) is 8.63. The summed E-state index contributed by atoms with van der Waals surface area (Å²) in [7, 11) is 1.86. The lowest BCUT2D eigenvalue weighted by Crippen LogP contribution is -2.39. The Labute approximate surface area is 197 Å². The molecule has 0 aliphatic rings. The minimum Gasteiger partial charge on any atom is -0.382 e. The van der Waals surface area contributed by atoms with E-state index in [0.29, 0.717) is 37.1 Å². The molecular formula is C20H30F3IN6O. The van der Waals surface area contributed by atoms with Crippen LogP contribution in [-0.4, -0.2) is 40.5 Å². The van der Waals surface area contributed by atoms with E-state index in [0.717, 1.165) is 24.4 Å². The number of hydrogen-bond donors (Lipinski definition) is 2. The van der Waals surface area contributed by atoms with E-state index in [1.807, 2.05) is 25.5 Å². The third-order valence-electron chi connectivity index (χ3n) is 4.59. The molecule has 0 aliphatic heterocycles. The Balaban J connectivity index is 0.00000480. The molecule has 11 heteroatoms. The number of alkyl halides is 3. The number of halogens is 4. The lowest BCUT2D eigenvalue weighted by molar-refractivity contribution is -0.137. The van der Waals surface area contributed by atoms with Crippen LogP contribution in [0.5, 0.6) is 0 Å². The lowest BCUT2D eigenvalue weighted by Gasteiger charge is -2.20. The summed E-state index contributed by atoms with van der Waals surface area (Å²) in [6, 6.07) is 4.90. The Bertz CT molecular complexity index is 841. The van der Waals surface area contributed by atoms with Gasteiger partial charge in [-0.25, -0.2) is 4.99 Å². The minimum atomic E-state index is -4.38. The largest absolute Gasteiger partial charge is 0.416 e. The van der Waals surface area contributed by atoms with Crippen LogP contribution in [0, 0.1) is 6.92 Å². The molecule has 31 heavy (non-hydrogen) atoms. The van der Waals surface area contributed by atoms with E-state index in [4.69, 9.17) is 4.74 Å². The zero-order valence-corrected chi connectivity index (χ0v) is 20.5. The second-order valence-corrected chi connectivity index (χ2v) is 6.85. The maximum atomic E-state index is 13.0. The van der Waals surface area contributed by atoms with Crippen molar-refractivity contribution < 1.29 is 17.9 Å². The number of guanidine groups is 1. The summed E-state index contributed by atoms with van der Waals surface area (Å²) in [5.74, 6) is 1.95. The van der Waals surface area contributed by atoms with Crippen molar-refractivity contribution in [3.8, 4) is 0 Å². The van der Waals surface area contributed by atoms with Crippen LogP contribution in [0.1, 0.15) is 49.1 Å². The highest BCUT2D eigenvalue weighted by molar-refractivity contribution is 14.0. The second kappa shape index (κ2) is 12.8. The molecule has 1 atom stereocenters. The van der Waals surface area contributed by atoms with Crippen LogP contribution in [0.2, 0.25) is 0 Å². The van der Waals surface area contributed by atoms with Gasteiger partial charge in [-0.3, -0.25) is 0 Å². The van der Waals surface area contributed by atoms with Gasteiger partial charge in [0.2, 0.25) is 0 Å². The summed E-state index contributed by atoms with van der Waals surface area (Å²) in [4.78, 5) is 4.53. The number of aliphatic imine (C=N–C) groups is 1. The highest BCUT2D eigenvalue weighted by Gasteiger charge is 2.30. The van der Waals surface area contributed by atoms with Crippen molar-refractivity contribution in [2.24, 2.45) is 12.0 Å². The van der Waals surface area contributed by atoms with E-state index in [9.17, 15) is 13.2 Å². The fraction of sp³-hybridized carbons (Fsp3) is 0.550. The molecule has 0 aliphatic carbocycles. The first-order chi connectivity index (χ1) is 14.2.